The quantitative estimate of drug-likeness (QED) is 0.906. The molecule has 0 fully saturated rings. The van der Waals surface area contributed by atoms with Gasteiger partial charge in [0.25, 0.3) is 0 Å². The van der Waals surface area contributed by atoms with Crippen molar-refractivity contribution in [3.05, 3.63) is 45.9 Å². The van der Waals surface area contributed by atoms with Crippen molar-refractivity contribution < 1.29 is 0 Å². The van der Waals surface area contributed by atoms with E-state index in [0.29, 0.717) is 5.02 Å². The van der Waals surface area contributed by atoms with Gasteiger partial charge in [0.15, 0.2) is 6.04 Å². The Labute approximate surface area is 102 Å². The third-order valence-corrected chi connectivity index (χ3v) is 3.08. The molecular weight excluding hydrogens is 242 g/mol. The number of thiazole rings is 1. The molecule has 16 heavy (non-hydrogen) atoms. The second kappa shape index (κ2) is 4.97. The number of nitriles is 1. The summed E-state index contributed by atoms with van der Waals surface area (Å²) in [5.41, 5.74) is 2.53. The largest absolute Gasteiger partial charge is 0.365 e. The van der Waals surface area contributed by atoms with E-state index in [-0.39, 0.29) is 6.04 Å². The lowest BCUT2D eigenvalue weighted by Gasteiger charge is -2.10. The highest BCUT2D eigenvalue weighted by Gasteiger charge is 2.11. The van der Waals surface area contributed by atoms with Crippen LogP contribution in [0.4, 0.5) is 5.69 Å². The smallest absolute Gasteiger partial charge is 0.151 e. The molecule has 0 spiro atoms. The number of nitrogens with zero attached hydrogens (tertiary/aromatic N) is 2. The minimum Gasteiger partial charge on any atom is -0.365 e. The normalized spacial score (nSPS) is 11.8. The topological polar surface area (TPSA) is 48.7 Å². The van der Waals surface area contributed by atoms with E-state index in [2.05, 4.69) is 16.4 Å². The Morgan fingerprint density at radius 3 is 3.00 bits per heavy atom. The van der Waals surface area contributed by atoms with Gasteiger partial charge in [0.05, 0.1) is 16.5 Å². The van der Waals surface area contributed by atoms with Crippen molar-refractivity contribution >= 4 is 28.6 Å². The summed E-state index contributed by atoms with van der Waals surface area (Å²) in [6.07, 6.45) is 1.69. The highest BCUT2D eigenvalue weighted by Crippen LogP contribution is 2.23. The zero-order valence-electron chi connectivity index (χ0n) is 8.22. The molecule has 1 heterocycles. The van der Waals surface area contributed by atoms with E-state index in [1.807, 2.05) is 12.1 Å². The summed E-state index contributed by atoms with van der Waals surface area (Å²) in [6, 6.07) is 9.09. The van der Waals surface area contributed by atoms with Crippen molar-refractivity contribution in [3.63, 3.8) is 0 Å². The van der Waals surface area contributed by atoms with E-state index < -0.39 is 0 Å². The molecule has 0 bridgehead atoms. The molecule has 0 aliphatic rings. The van der Waals surface area contributed by atoms with Crippen LogP contribution in [0.3, 0.4) is 0 Å². The minimum atomic E-state index is -0.383. The highest BCUT2D eigenvalue weighted by molar-refractivity contribution is 7.09. The van der Waals surface area contributed by atoms with Crippen molar-refractivity contribution in [2.75, 3.05) is 5.32 Å². The third kappa shape index (κ3) is 2.51. The molecule has 1 aromatic carbocycles. The Hall–Kier alpha value is -1.57. The molecule has 0 aliphatic heterocycles. The van der Waals surface area contributed by atoms with Crippen LogP contribution in [0.1, 0.15) is 10.9 Å². The first-order valence-electron chi connectivity index (χ1n) is 4.59. The van der Waals surface area contributed by atoms with Gasteiger partial charge in [0.1, 0.15) is 0 Å². The maximum atomic E-state index is 9.06. The predicted molar refractivity (Wildman–Crippen MR) is 65.5 cm³/mol. The number of aromatic nitrogens is 1. The molecular formula is C11H8ClN3S. The van der Waals surface area contributed by atoms with Crippen molar-refractivity contribution in [1.82, 2.24) is 4.98 Å². The van der Waals surface area contributed by atoms with Crippen molar-refractivity contribution in [2.24, 2.45) is 0 Å². The van der Waals surface area contributed by atoms with Crippen LogP contribution in [-0.4, -0.2) is 4.98 Å². The molecule has 1 atom stereocenters. The molecule has 0 saturated heterocycles. The number of halogens is 1. The van der Waals surface area contributed by atoms with Crippen LogP contribution in [0.5, 0.6) is 0 Å². The van der Waals surface area contributed by atoms with Crippen molar-refractivity contribution in [2.45, 2.75) is 6.04 Å². The van der Waals surface area contributed by atoms with E-state index in [1.165, 1.54) is 11.3 Å². The van der Waals surface area contributed by atoms with Gasteiger partial charge in [-0.05, 0) is 18.2 Å². The third-order valence-electron chi connectivity index (χ3n) is 2.00. The number of anilines is 1. The van der Waals surface area contributed by atoms with Crippen LogP contribution in [0, 0.1) is 11.3 Å². The molecule has 2 aromatic rings. The highest BCUT2D eigenvalue weighted by atomic mass is 35.5. The maximum absolute atomic E-state index is 9.06. The van der Waals surface area contributed by atoms with E-state index in [9.17, 15) is 0 Å². The van der Waals surface area contributed by atoms with Gasteiger partial charge >= 0.3 is 0 Å². The molecule has 1 N–H and O–H groups in total. The van der Waals surface area contributed by atoms with Crippen LogP contribution in [0.2, 0.25) is 5.02 Å². The van der Waals surface area contributed by atoms with Gasteiger partial charge in [-0.1, -0.05) is 17.7 Å². The van der Waals surface area contributed by atoms with Crippen LogP contribution in [0.25, 0.3) is 0 Å². The SMILES string of the molecule is N#CC(Nc1cccc(Cl)c1)c1cncs1. The van der Waals surface area contributed by atoms with Crippen molar-refractivity contribution in [1.29, 1.82) is 5.26 Å². The number of rotatable bonds is 3. The number of benzene rings is 1. The number of nitrogens with one attached hydrogen (secondary N) is 1. The lowest BCUT2D eigenvalue weighted by Crippen LogP contribution is -2.06. The first-order valence-corrected chi connectivity index (χ1v) is 5.85. The van der Waals surface area contributed by atoms with Crippen LogP contribution < -0.4 is 5.32 Å². The predicted octanol–water partition coefficient (Wildman–Crippen LogP) is 3.47. The van der Waals surface area contributed by atoms with Gasteiger partial charge in [-0.2, -0.15) is 5.26 Å². The Morgan fingerprint density at radius 2 is 2.38 bits per heavy atom. The average Bonchev–Trinajstić information content (AvgIpc) is 2.79. The second-order valence-electron chi connectivity index (χ2n) is 3.12. The van der Waals surface area contributed by atoms with Gasteiger partial charge in [0.2, 0.25) is 0 Å². The summed E-state index contributed by atoms with van der Waals surface area (Å²) in [6.45, 7) is 0. The summed E-state index contributed by atoms with van der Waals surface area (Å²) < 4.78 is 0. The minimum absolute atomic E-state index is 0.383. The zero-order valence-corrected chi connectivity index (χ0v) is 9.79. The first kappa shape index (κ1) is 10.9. The average molecular weight is 250 g/mol. The van der Waals surface area contributed by atoms with E-state index >= 15 is 0 Å². The second-order valence-corrected chi connectivity index (χ2v) is 4.47. The molecule has 0 saturated carbocycles. The fraction of sp³-hybridized carbons (Fsp3) is 0.0909. The fourth-order valence-electron chi connectivity index (χ4n) is 1.28. The Bertz CT molecular complexity index is 504. The van der Waals surface area contributed by atoms with Crippen molar-refractivity contribution in [3.8, 4) is 6.07 Å². The van der Waals surface area contributed by atoms with Gasteiger partial charge in [-0.25, -0.2) is 0 Å². The number of hydrogen-bond acceptors (Lipinski definition) is 4. The molecule has 80 valence electrons. The fourth-order valence-corrected chi connectivity index (χ4v) is 2.08. The molecule has 3 nitrogen and oxygen atoms in total. The lowest BCUT2D eigenvalue weighted by atomic mass is 10.2. The molecule has 0 radical (unpaired) electrons. The molecule has 5 heteroatoms. The van der Waals surface area contributed by atoms with Gasteiger partial charge < -0.3 is 5.32 Å². The summed E-state index contributed by atoms with van der Waals surface area (Å²) in [7, 11) is 0. The zero-order chi connectivity index (χ0) is 11.4. The van der Waals surface area contributed by atoms with Gasteiger partial charge in [-0.3, -0.25) is 4.98 Å². The van der Waals surface area contributed by atoms with Gasteiger partial charge in [0, 0.05) is 16.9 Å². The summed E-state index contributed by atoms with van der Waals surface area (Å²) in [4.78, 5) is 4.84. The Kier molecular flexibility index (Phi) is 3.40. The van der Waals surface area contributed by atoms with Gasteiger partial charge in [-0.15, -0.1) is 11.3 Å². The van der Waals surface area contributed by atoms with Crippen LogP contribution in [0.15, 0.2) is 36.0 Å². The molecule has 0 aliphatic carbocycles. The van der Waals surface area contributed by atoms with E-state index in [4.69, 9.17) is 16.9 Å². The van der Waals surface area contributed by atoms with Crippen LogP contribution in [-0.2, 0) is 0 Å². The Balaban J connectivity index is 2.17. The van der Waals surface area contributed by atoms with Crippen LogP contribution >= 0.6 is 22.9 Å². The molecule has 1 unspecified atom stereocenters. The lowest BCUT2D eigenvalue weighted by molar-refractivity contribution is 1.02. The Morgan fingerprint density at radius 1 is 1.50 bits per heavy atom. The summed E-state index contributed by atoms with van der Waals surface area (Å²) >= 11 is 7.31. The monoisotopic (exact) mass is 249 g/mol. The first-order chi connectivity index (χ1) is 7.79. The molecule has 0 amide bonds. The van der Waals surface area contributed by atoms with E-state index in [0.717, 1.165) is 10.6 Å². The number of hydrogen-bond donors (Lipinski definition) is 1. The van der Waals surface area contributed by atoms with E-state index in [1.54, 1.807) is 23.8 Å². The molecule has 2 rings (SSSR count). The maximum Gasteiger partial charge on any atom is 0.151 e. The molecule has 1 aromatic heterocycles. The summed E-state index contributed by atoms with van der Waals surface area (Å²) in [5, 5.41) is 12.8. The summed E-state index contributed by atoms with van der Waals surface area (Å²) in [5.74, 6) is 0. The standard InChI is InChI=1S/C11H8ClN3S/c12-8-2-1-3-9(4-8)15-10(5-13)11-6-14-7-16-11/h1-4,6-7,10,15H.